The molecular formula is C17H23N3. The fraction of sp³-hybridized carbons (Fsp3) is 0.471. The number of piperidine rings is 1. The van der Waals surface area contributed by atoms with Crippen LogP contribution in [0.2, 0.25) is 0 Å². The van der Waals surface area contributed by atoms with E-state index in [1.807, 2.05) is 6.92 Å². The molecule has 1 N–H and O–H groups in total. The molecule has 1 aromatic heterocycles. The van der Waals surface area contributed by atoms with Crippen molar-refractivity contribution < 1.29 is 0 Å². The molecule has 0 bridgehead atoms. The zero-order valence-electron chi connectivity index (χ0n) is 12.4. The second-order valence-electron chi connectivity index (χ2n) is 5.89. The molecule has 1 aliphatic heterocycles. The Morgan fingerprint density at radius 2 is 2.20 bits per heavy atom. The van der Waals surface area contributed by atoms with E-state index in [-0.39, 0.29) is 0 Å². The van der Waals surface area contributed by atoms with Crippen molar-refractivity contribution in [1.29, 1.82) is 0 Å². The molecule has 2 heterocycles. The average Bonchev–Trinajstić information content (AvgIpc) is 2.48. The third kappa shape index (κ3) is 3.00. The Balaban J connectivity index is 1.75. The number of aromatic nitrogens is 1. The number of nitrogens with zero attached hydrogens (tertiary/aromatic N) is 2. The predicted molar refractivity (Wildman–Crippen MR) is 83.8 cm³/mol. The molecule has 0 saturated carbocycles. The molecule has 0 spiro atoms. The van der Waals surface area contributed by atoms with Crippen LogP contribution in [-0.2, 0) is 6.54 Å². The summed E-state index contributed by atoms with van der Waals surface area (Å²) in [4.78, 5) is 7.03. The fourth-order valence-electron chi connectivity index (χ4n) is 3.00. The van der Waals surface area contributed by atoms with E-state index in [4.69, 9.17) is 0 Å². The number of pyridine rings is 1. The van der Waals surface area contributed by atoms with Crippen LogP contribution in [0.3, 0.4) is 0 Å². The van der Waals surface area contributed by atoms with Gasteiger partial charge in [-0.25, -0.2) is 0 Å². The molecule has 0 amide bonds. The summed E-state index contributed by atoms with van der Waals surface area (Å²) >= 11 is 0. The molecule has 0 radical (unpaired) electrons. The minimum atomic E-state index is 0.663. The maximum atomic E-state index is 4.56. The van der Waals surface area contributed by atoms with Gasteiger partial charge in [0.15, 0.2) is 0 Å². The first-order valence-electron chi connectivity index (χ1n) is 7.49. The highest BCUT2D eigenvalue weighted by molar-refractivity contribution is 5.79. The standard InChI is InChI=1S/C17H23N3/c1-13-5-7-15-10-14(6-8-17(15)19-13)12-20(2)16-4-3-9-18-11-16/h5-8,10,16,18H,3-4,9,11-12H2,1-2H3. The van der Waals surface area contributed by atoms with Crippen molar-refractivity contribution in [3.8, 4) is 0 Å². The first kappa shape index (κ1) is 13.5. The summed E-state index contributed by atoms with van der Waals surface area (Å²) in [7, 11) is 2.23. The van der Waals surface area contributed by atoms with E-state index in [9.17, 15) is 0 Å². The molecule has 0 aliphatic carbocycles. The van der Waals surface area contributed by atoms with Crippen LogP contribution in [0.5, 0.6) is 0 Å². The number of aryl methyl sites for hydroxylation is 1. The Bertz CT molecular complexity index is 588. The first-order chi connectivity index (χ1) is 9.72. The largest absolute Gasteiger partial charge is 0.315 e. The number of nitrogens with one attached hydrogen (secondary N) is 1. The van der Waals surface area contributed by atoms with Crippen LogP contribution in [0.1, 0.15) is 24.1 Å². The number of fused-ring (bicyclic) bond motifs is 1. The average molecular weight is 269 g/mol. The van der Waals surface area contributed by atoms with Crippen LogP contribution in [0.25, 0.3) is 10.9 Å². The van der Waals surface area contributed by atoms with Gasteiger partial charge in [-0.05, 0) is 57.1 Å². The summed E-state index contributed by atoms with van der Waals surface area (Å²) in [5.74, 6) is 0. The summed E-state index contributed by atoms with van der Waals surface area (Å²) in [6.07, 6.45) is 2.59. The molecule has 20 heavy (non-hydrogen) atoms. The molecular weight excluding hydrogens is 246 g/mol. The van der Waals surface area contributed by atoms with Crippen LogP contribution in [-0.4, -0.2) is 36.1 Å². The fourth-order valence-corrected chi connectivity index (χ4v) is 3.00. The number of hydrogen-bond acceptors (Lipinski definition) is 3. The van der Waals surface area contributed by atoms with E-state index in [1.54, 1.807) is 0 Å². The van der Waals surface area contributed by atoms with E-state index in [0.29, 0.717) is 6.04 Å². The minimum Gasteiger partial charge on any atom is -0.315 e. The normalized spacial score (nSPS) is 19.6. The lowest BCUT2D eigenvalue weighted by molar-refractivity contribution is 0.196. The Labute approximate surface area is 121 Å². The molecule has 106 valence electrons. The molecule has 1 unspecified atom stereocenters. The van der Waals surface area contributed by atoms with Crippen LogP contribution in [0.15, 0.2) is 30.3 Å². The third-order valence-corrected chi connectivity index (χ3v) is 4.22. The van der Waals surface area contributed by atoms with Crippen molar-refractivity contribution in [1.82, 2.24) is 15.2 Å². The summed E-state index contributed by atoms with van der Waals surface area (Å²) in [6, 6.07) is 11.5. The summed E-state index contributed by atoms with van der Waals surface area (Å²) < 4.78 is 0. The monoisotopic (exact) mass is 269 g/mol. The zero-order valence-corrected chi connectivity index (χ0v) is 12.4. The van der Waals surface area contributed by atoms with Gasteiger partial charge in [0.05, 0.1) is 5.52 Å². The van der Waals surface area contributed by atoms with Crippen molar-refractivity contribution in [2.75, 3.05) is 20.1 Å². The smallest absolute Gasteiger partial charge is 0.0705 e. The second-order valence-corrected chi connectivity index (χ2v) is 5.89. The molecule has 1 aliphatic rings. The maximum absolute atomic E-state index is 4.56. The highest BCUT2D eigenvalue weighted by Crippen LogP contribution is 2.17. The molecule has 1 aromatic carbocycles. The summed E-state index contributed by atoms with van der Waals surface area (Å²) in [5, 5.41) is 4.72. The number of hydrogen-bond donors (Lipinski definition) is 1. The summed E-state index contributed by atoms with van der Waals surface area (Å²) in [5.41, 5.74) is 3.54. The Hall–Kier alpha value is -1.45. The first-order valence-corrected chi connectivity index (χ1v) is 7.49. The van der Waals surface area contributed by atoms with Gasteiger partial charge in [-0.1, -0.05) is 12.1 Å². The Kier molecular flexibility index (Phi) is 3.99. The second kappa shape index (κ2) is 5.90. The molecule has 3 nitrogen and oxygen atoms in total. The molecule has 3 rings (SSSR count). The highest BCUT2D eigenvalue weighted by Gasteiger charge is 2.17. The number of benzene rings is 1. The maximum Gasteiger partial charge on any atom is 0.0705 e. The predicted octanol–water partition coefficient (Wildman–Crippen LogP) is 2.73. The van der Waals surface area contributed by atoms with Gasteiger partial charge in [0, 0.05) is 30.2 Å². The van der Waals surface area contributed by atoms with Gasteiger partial charge in [-0.2, -0.15) is 0 Å². The number of rotatable bonds is 3. The topological polar surface area (TPSA) is 28.2 Å². The van der Waals surface area contributed by atoms with E-state index in [0.717, 1.165) is 24.3 Å². The zero-order chi connectivity index (χ0) is 13.9. The molecule has 1 atom stereocenters. The highest BCUT2D eigenvalue weighted by atomic mass is 15.2. The van der Waals surface area contributed by atoms with Crippen molar-refractivity contribution in [3.05, 3.63) is 41.6 Å². The van der Waals surface area contributed by atoms with E-state index in [2.05, 4.69) is 52.6 Å². The van der Waals surface area contributed by atoms with Gasteiger partial charge >= 0.3 is 0 Å². The number of likely N-dealkylation sites (N-methyl/N-ethyl adjacent to an activating group) is 1. The van der Waals surface area contributed by atoms with Crippen LogP contribution in [0, 0.1) is 6.92 Å². The van der Waals surface area contributed by atoms with Crippen LogP contribution >= 0.6 is 0 Å². The Morgan fingerprint density at radius 1 is 1.30 bits per heavy atom. The molecule has 1 saturated heterocycles. The van der Waals surface area contributed by atoms with Crippen molar-refractivity contribution >= 4 is 10.9 Å². The van der Waals surface area contributed by atoms with Crippen LogP contribution < -0.4 is 5.32 Å². The lowest BCUT2D eigenvalue weighted by Crippen LogP contribution is -2.43. The minimum absolute atomic E-state index is 0.663. The van der Waals surface area contributed by atoms with Gasteiger partial charge < -0.3 is 5.32 Å². The van der Waals surface area contributed by atoms with Crippen molar-refractivity contribution in [3.63, 3.8) is 0 Å². The molecule has 1 fully saturated rings. The molecule has 3 heteroatoms. The van der Waals surface area contributed by atoms with Crippen molar-refractivity contribution in [2.24, 2.45) is 0 Å². The van der Waals surface area contributed by atoms with E-state index < -0.39 is 0 Å². The Morgan fingerprint density at radius 3 is 3.00 bits per heavy atom. The molecule has 2 aromatic rings. The SMILES string of the molecule is Cc1ccc2cc(CN(C)C3CCCNC3)ccc2n1. The van der Waals surface area contributed by atoms with Crippen LogP contribution in [0.4, 0.5) is 0 Å². The van der Waals surface area contributed by atoms with Gasteiger partial charge in [-0.15, -0.1) is 0 Å². The van der Waals surface area contributed by atoms with Gasteiger partial charge in [-0.3, -0.25) is 9.88 Å². The van der Waals surface area contributed by atoms with E-state index in [1.165, 1.54) is 30.3 Å². The van der Waals surface area contributed by atoms with Gasteiger partial charge in [0.25, 0.3) is 0 Å². The lowest BCUT2D eigenvalue weighted by Gasteiger charge is -2.31. The lowest BCUT2D eigenvalue weighted by atomic mass is 10.0. The quantitative estimate of drug-likeness (QED) is 0.928. The third-order valence-electron chi connectivity index (χ3n) is 4.22. The van der Waals surface area contributed by atoms with Gasteiger partial charge in [0.1, 0.15) is 0 Å². The van der Waals surface area contributed by atoms with E-state index >= 15 is 0 Å². The summed E-state index contributed by atoms with van der Waals surface area (Å²) in [6.45, 7) is 5.34. The van der Waals surface area contributed by atoms with Crippen molar-refractivity contribution in [2.45, 2.75) is 32.4 Å². The van der Waals surface area contributed by atoms with Gasteiger partial charge in [0.2, 0.25) is 0 Å².